The van der Waals surface area contributed by atoms with E-state index in [0.717, 1.165) is 71.1 Å². The predicted molar refractivity (Wildman–Crippen MR) is 80.7 cm³/mol. The highest BCUT2D eigenvalue weighted by Gasteiger charge is 2.29. The molecule has 2 aliphatic heterocycles. The van der Waals surface area contributed by atoms with Gasteiger partial charge in [0.1, 0.15) is 0 Å². The van der Waals surface area contributed by atoms with E-state index in [2.05, 4.69) is 16.7 Å². The predicted octanol–water partition coefficient (Wildman–Crippen LogP) is 2.28. The Kier molecular flexibility index (Phi) is 6.30. The molecule has 4 heteroatoms. The minimum absolute atomic E-state index is 0.364. The summed E-state index contributed by atoms with van der Waals surface area (Å²) in [6.45, 7) is 6.37. The van der Waals surface area contributed by atoms with Gasteiger partial charge in [-0.1, -0.05) is 13.3 Å². The molecule has 4 nitrogen and oxygen atoms in total. The van der Waals surface area contributed by atoms with E-state index in [9.17, 15) is 4.79 Å². The van der Waals surface area contributed by atoms with Crippen LogP contribution in [0.25, 0.3) is 0 Å². The van der Waals surface area contributed by atoms with Crippen molar-refractivity contribution in [2.24, 2.45) is 0 Å². The molecule has 0 atom stereocenters. The number of rotatable bonds is 5. The minimum Gasteiger partial charge on any atom is -0.381 e. The van der Waals surface area contributed by atoms with E-state index in [0.29, 0.717) is 18.1 Å². The van der Waals surface area contributed by atoms with Crippen LogP contribution in [0.1, 0.15) is 51.9 Å². The first-order valence-electron chi connectivity index (χ1n) is 8.29. The largest absolute Gasteiger partial charge is 0.381 e. The summed E-state index contributed by atoms with van der Waals surface area (Å²) in [7, 11) is 1.82. The maximum atomic E-state index is 12.0. The summed E-state index contributed by atoms with van der Waals surface area (Å²) in [6.07, 6.45) is 7.95. The van der Waals surface area contributed by atoms with Gasteiger partial charge in [-0.05, 0) is 32.1 Å². The van der Waals surface area contributed by atoms with Gasteiger partial charge in [0.05, 0.1) is 6.10 Å². The van der Waals surface area contributed by atoms with Crippen molar-refractivity contribution >= 4 is 5.91 Å². The highest BCUT2D eigenvalue weighted by Crippen LogP contribution is 2.22. The van der Waals surface area contributed by atoms with Gasteiger partial charge in [0, 0.05) is 45.8 Å². The van der Waals surface area contributed by atoms with Gasteiger partial charge in [0.25, 0.3) is 0 Å². The van der Waals surface area contributed by atoms with Crippen LogP contribution < -0.4 is 0 Å². The molecule has 20 heavy (non-hydrogen) atoms. The number of ether oxygens (including phenoxy) is 1. The zero-order chi connectivity index (χ0) is 14.4. The molecule has 2 saturated heterocycles. The Morgan fingerprint density at radius 2 is 1.75 bits per heavy atom. The average Bonchev–Trinajstić information content (AvgIpc) is 2.53. The Labute approximate surface area is 123 Å². The number of hydrogen-bond donors (Lipinski definition) is 0. The smallest absolute Gasteiger partial charge is 0.222 e. The van der Waals surface area contributed by atoms with Crippen molar-refractivity contribution in [3.63, 3.8) is 0 Å². The minimum atomic E-state index is 0.364. The summed E-state index contributed by atoms with van der Waals surface area (Å²) in [5.41, 5.74) is 0. The third-order valence-electron chi connectivity index (χ3n) is 4.89. The van der Waals surface area contributed by atoms with Crippen LogP contribution in [0.15, 0.2) is 0 Å². The number of amides is 1. The molecule has 0 radical (unpaired) electrons. The van der Waals surface area contributed by atoms with Crippen LogP contribution in [-0.2, 0) is 9.53 Å². The van der Waals surface area contributed by atoms with Gasteiger partial charge < -0.3 is 14.5 Å². The second-order valence-electron chi connectivity index (χ2n) is 6.19. The van der Waals surface area contributed by atoms with Crippen molar-refractivity contribution in [3.8, 4) is 0 Å². The molecule has 0 unspecified atom stereocenters. The highest BCUT2D eigenvalue weighted by molar-refractivity contribution is 5.76. The molecule has 0 aromatic heterocycles. The molecule has 2 aliphatic rings. The fourth-order valence-corrected chi connectivity index (χ4v) is 3.44. The standard InChI is InChI=1S/C16H30N2O2/c1-3-4-5-16(19)18-10-6-14(7-11-18)17-12-8-15(20-2)9-13-17/h14-15H,3-13H2,1-2H3. The van der Waals surface area contributed by atoms with Crippen molar-refractivity contribution in [2.75, 3.05) is 33.3 Å². The fraction of sp³-hybridized carbons (Fsp3) is 0.938. The van der Waals surface area contributed by atoms with Crippen LogP contribution in [0.4, 0.5) is 0 Å². The van der Waals surface area contributed by atoms with E-state index in [1.165, 1.54) is 0 Å². The quantitative estimate of drug-likeness (QED) is 0.775. The molecule has 2 heterocycles. The van der Waals surface area contributed by atoms with Crippen LogP contribution in [0, 0.1) is 0 Å². The van der Waals surface area contributed by atoms with Crippen molar-refractivity contribution in [1.82, 2.24) is 9.80 Å². The molecule has 0 spiro atoms. The van der Waals surface area contributed by atoms with E-state index in [-0.39, 0.29) is 0 Å². The first-order chi connectivity index (χ1) is 9.74. The van der Waals surface area contributed by atoms with Crippen LogP contribution in [-0.4, -0.2) is 61.1 Å². The van der Waals surface area contributed by atoms with Gasteiger partial charge in [-0.25, -0.2) is 0 Å². The topological polar surface area (TPSA) is 32.8 Å². The lowest BCUT2D eigenvalue weighted by atomic mass is 9.98. The lowest BCUT2D eigenvalue weighted by Crippen LogP contribution is -2.49. The molecule has 116 valence electrons. The molecular weight excluding hydrogens is 252 g/mol. The summed E-state index contributed by atoms with van der Waals surface area (Å²) in [5, 5.41) is 0. The lowest BCUT2D eigenvalue weighted by Gasteiger charge is -2.41. The number of methoxy groups -OCH3 is 1. The van der Waals surface area contributed by atoms with Crippen molar-refractivity contribution in [3.05, 3.63) is 0 Å². The molecule has 0 aliphatic carbocycles. The van der Waals surface area contributed by atoms with Crippen molar-refractivity contribution in [2.45, 2.75) is 64.0 Å². The molecule has 0 aromatic rings. The Balaban J connectivity index is 1.70. The lowest BCUT2D eigenvalue weighted by molar-refractivity contribution is -0.133. The Bertz CT molecular complexity index is 293. The molecule has 0 saturated carbocycles. The van der Waals surface area contributed by atoms with E-state index < -0.39 is 0 Å². The number of unbranched alkanes of at least 4 members (excludes halogenated alkanes) is 1. The Morgan fingerprint density at radius 1 is 1.10 bits per heavy atom. The van der Waals surface area contributed by atoms with Crippen LogP contribution in [0.3, 0.4) is 0 Å². The van der Waals surface area contributed by atoms with Gasteiger partial charge >= 0.3 is 0 Å². The summed E-state index contributed by atoms with van der Waals surface area (Å²) >= 11 is 0. The third kappa shape index (κ3) is 4.19. The molecule has 0 aromatic carbocycles. The molecule has 0 N–H and O–H groups in total. The van der Waals surface area contributed by atoms with E-state index >= 15 is 0 Å². The SMILES string of the molecule is CCCCC(=O)N1CCC(N2CCC(OC)CC2)CC1. The first-order valence-corrected chi connectivity index (χ1v) is 8.29. The van der Waals surface area contributed by atoms with E-state index in [1.54, 1.807) is 0 Å². The van der Waals surface area contributed by atoms with Crippen LogP contribution in [0.2, 0.25) is 0 Å². The van der Waals surface area contributed by atoms with Gasteiger partial charge in [-0.3, -0.25) is 4.79 Å². The number of piperidine rings is 2. The second-order valence-corrected chi connectivity index (χ2v) is 6.19. The number of hydrogen-bond acceptors (Lipinski definition) is 3. The zero-order valence-corrected chi connectivity index (χ0v) is 13.1. The monoisotopic (exact) mass is 282 g/mol. The highest BCUT2D eigenvalue weighted by atomic mass is 16.5. The summed E-state index contributed by atoms with van der Waals surface area (Å²) in [5.74, 6) is 0.364. The van der Waals surface area contributed by atoms with Gasteiger partial charge in [-0.15, -0.1) is 0 Å². The summed E-state index contributed by atoms with van der Waals surface area (Å²) < 4.78 is 5.43. The average molecular weight is 282 g/mol. The number of nitrogens with zero attached hydrogens (tertiary/aromatic N) is 2. The van der Waals surface area contributed by atoms with Gasteiger partial charge in [-0.2, -0.15) is 0 Å². The van der Waals surface area contributed by atoms with Crippen LogP contribution in [0.5, 0.6) is 0 Å². The maximum absolute atomic E-state index is 12.0. The summed E-state index contributed by atoms with van der Waals surface area (Å²) in [6, 6.07) is 0.683. The zero-order valence-electron chi connectivity index (χ0n) is 13.1. The van der Waals surface area contributed by atoms with Crippen molar-refractivity contribution < 1.29 is 9.53 Å². The molecule has 2 fully saturated rings. The second kappa shape index (κ2) is 7.99. The number of likely N-dealkylation sites (tertiary alicyclic amines) is 2. The normalized spacial score (nSPS) is 23.2. The Morgan fingerprint density at radius 3 is 2.30 bits per heavy atom. The molecule has 2 rings (SSSR count). The molecule has 0 bridgehead atoms. The number of carbonyl (C=O) groups excluding carboxylic acids is 1. The van der Waals surface area contributed by atoms with Gasteiger partial charge in [0.2, 0.25) is 5.91 Å². The van der Waals surface area contributed by atoms with Gasteiger partial charge in [0.15, 0.2) is 0 Å². The summed E-state index contributed by atoms with van der Waals surface area (Å²) in [4.78, 5) is 16.7. The fourth-order valence-electron chi connectivity index (χ4n) is 3.44. The third-order valence-corrected chi connectivity index (χ3v) is 4.89. The maximum Gasteiger partial charge on any atom is 0.222 e. The van der Waals surface area contributed by atoms with Crippen LogP contribution >= 0.6 is 0 Å². The molecular formula is C16H30N2O2. The Hall–Kier alpha value is -0.610. The van der Waals surface area contributed by atoms with Crippen molar-refractivity contribution in [1.29, 1.82) is 0 Å². The number of carbonyl (C=O) groups is 1. The first kappa shape index (κ1) is 15.8. The van der Waals surface area contributed by atoms with E-state index in [1.807, 2.05) is 7.11 Å². The van der Waals surface area contributed by atoms with E-state index in [4.69, 9.17) is 4.74 Å². The molecule has 1 amide bonds.